The van der Waals surface area contributed by atoms with Crippen molar-refractivity contribution in [1.29, 1.82) is 0 Å². The van der Waals surface area contributed by atoms with Gasteiger partial charge in [-0.15, -0.1) is 0 Å². The molecule has 1 saturated carbocycles. The maximum atomic E-state index is 6.16. The Morgan fingerprint density at radius 3 is 2.79 bits per heavy atom. The SMILES string of the molecule is NC1CCCCC1CNc1cnc2ccccc2n1. The lowest BCUT2D eigenvalue weighted by Gasteiger charge is -2.28. The number of anilines is 1. The Hall–Kier alpha value is -1.68. The molecule has 3 N–H and O–H groups in total. The lowest BCUT2D eigenvalue weighted by molar-refractivity contribution is 0.321. The second-order valence-electron chi connectivity index (χ2n) is 5.33. The molecule has 19 heavy (non-hydrogen) atoms. The topological polar surface area (TPSA) is 63.8 Å². The number of nitrogens with two attached hydrogens (primary N) is 1. The van der Waals surface area contributed by atoms with Gasteiger partial charge in [0.05, 0.1) is 17.2 Å². The van der Waals surface area contributed by atoms with E-state index in [9.17, 15) is 0 Å². The molecule has 100 valence electrons. The summed E-state index contributed by atoms with van der Waals surface area (Å²) in [5.41, 5.74) is 8.02. The van der Waals surface area contributed by atoms with Gasteiger partial charge in [0, 0.05) is 12.6 Å². The van der Waals surface area contributed by atoms with Gasteiger partial charge in [-0.3, -0.25) is 4.98 Å². The molecule has 0 radical (unpaired) electrons. The number of hydrogen-bond donors (Lipinski definition) is 2. The average Bonchev–Trinajstić information content (AvgIpc) is 2.46. The van der Waals surface area contributed by atoms with Crippen LogP contribution >= 0.6 is 0 Å². The van der Waals surface area contributed by atoms with Crippen molar-refractivity contribution in [3.8, 4) is 0 Å². The minimum absolute atomic E-state index is 0.328. The van der Waals surface area contributed by atoms with Crippen LogP contribution in [0.5, 0.6) is 0 Å². The van der Waals surface area contributed by atoms with Gasteiger partial charge in [-0.25, -0.2) is 4.98 Å². The second-order valence-corrected chi connectivity index (χ2v) is 5.33. The number of rotatable bonds is 3. The minimum atomic E-state index is 0.328. The van der Waals surface area contributed by atoms with Crippen LogP contribution in [0.3, 0.4) is 0 Å². The van der Waals surface area contributed by atoms with E-state index >= 15 is 0 Å². The summed E-state index contributed by atoms with van der Waals surface area (Å²) in [5, 5.41) is 3.38. The number of hydrogen-bond acceptors (Lipinski definition) is 4. The summed E-state index contributed by atoms with van der Waals surface area (Å²) in [5.74, 6) is 1.40. The zero-order valence-electron chi connectivity index (χ0n) is 11.0. The maximum Gasteiger partial charge on any atom is 0.145 e. The highest BCUT2D eigenvalue weighted by Gasteiger charge is 2.21. The molecule has 4 nitrogen and oxygen atoms in total. The third-order valence-corrected chi connectivity index (χ3v) is 3.96. The largest absolute Gasteiger partial charge is 0.368 e. The fourth-order valence-corrected chi connectivity index (χ4v) is 2.77. The molecule has 0 bridgehead atoms. The van der Waals surface area contributed by atoms with Crippen LogP contribution < -0.4 is 11.1 Å². The zero-order chi connectivity index (χ0) is 13.1. The fourth-order valence-electron chi connectivity index (χ4n) is 2.77. The molecular weight excluding hydrogens is 236 g/mol. The Bertz CT molecular complexity index is 555. The third kappa shape index (κ3) is 2.84. The van der Waals surface area contributed by atoms with Gasteiger partial charge in [0.25, 0.3) is 0 Å². The van der Waals surface area contributed by atoms with Gasteiger partial charge < -0.3 is 11.1 Å². The predicted molar refractivity (Wildman–Crippen MR) is 78.0 cm³/mol. The fraction of sp³-hybridized carbons (Fsp3) is 0.467. The summed E-state index contributed by atoms with van der Waals surface area (Å²) in [6, 6.07) is 8.25. The molecule has 4 heteroatoms. The van der Waals surface area contributed by atoms with Gasteiger partial charge in [-0.1, -0.05) is 25.0 Å². The zero-order valence-corrected chi connectivity index (χ0v) is 11.0. The first kappa shape index (κ1) is 12.4. The molecule has 3 rings (SSSR count). The molecule has 1 aliphatic carbocycles. The molecule has 2 aromatic rings. The molecule has 2 unspecified atom stereocenters. The van der Waals surface area contributed by atoms with Crippen molar-refractivity contribution in [3.05, 3.63) is 30.5 Å². The van der Waals surface area contributed by atoms with Crippen LogP contribution in [0.1, 0.15) is 25.7 Å². The van der Waals surface area contributed by atoms with Crippen molar-refractivity contribution >= 4 is 16.9 Å². The van der Waals surface area contributed by atoms with E-state index in [1.54, 1.807) is 6.20 Å². The Kier molecular flexibility index (Phi) is 3.60. The van der Waals surface area contributed by atoms with E-state index < -0.39 is 0 Å². The molecule has 0 amide bonds. The van der Waals surface area contributed by atoms with Gasteiger partial charge in [0.1, 0.15) is 5.82 Å². The lowest BCUT2D eigenvalue weighted by Crippen LogP contribution is -2.37. The normalized spacial score (nSPS) is 23.4. The smallest absolute Gasteiger partial charge is 0.145 e. The highest BCUT2D eigenvalue weighted by atomic mass is 15.0. The van der Waals surface area contributed by atoms with Gasteiger partial charge in [-0.05, 0) is 30.9 Å². The van der Waals surface area contributed by atoms with Gasteiger partial charge in [0.15, 0.2) is 0 Å². The average molecular weight is 256 g/mol. The molecule has 0 aliphatic heterocycles. The number of nitrogens with zero attached hydrogens (tertiary/aromatic N) is 2. The summed E-state index contributed by atoms with van der Waals surface area (Å²) in [7, 11) is 0. The maximum absolute atomic E-state index is 6.16. The number of nitrogens with one attached hydrogen (secondary N) is 1. The first-order valence-corrected chi connectivity index (χ1v) is 7.04. The van der Waals surface area contributed by atoms with E-state index in [2.05, 4.69) is 15.3 Å². The van der Waals surface area contributed by atoms with Crippen LogP contribution in [-0.2, 0) is 0 Å². The number of para-hydroxylation sites is 2. The summed E-state index contributed by atoms with van der Waals surface area (Å²) >= 11 is 0. The monoisotopic (exact) mass is 256 g/mol. The predicted octanol–water partition coefficient (Wildman–Crippen LogP) is 2.56. The summed E-state index contributed by atoms with van der Waals surface area (Å²) in [6.45, 7) is 0.897. The van der Waals surface area contributed by atoms with Crippen LogP contribution in [0.25, 0.3) is 11.0 Å². The minimum Gasteiger partial charge on any atom is -0.368 e. The standard InChI is InChI=1S/C15H20N4/c16-12-6-2-1-5-11(12)9-18-15-10-17-13-7-3-4-8-14(13)19-15/h3-4,7-8,10-12H,1-2,5-6,9,16H2,(H,18,19). The van der Waals surface area contributed by atoms with Crippen LogP contribution in [0, 0.1) is 5.92 Å². The van der Waals surface area contributed by atoms with Crippen molar-refractivity contribution in [2.24, 2.45) is 11.7 Å². The molecule has 1 aliphatic rings. The molecule has 0 spiro atoms. The van der Waals surface area contributed by atoms with Crippen molar-refractivity contribution in [2.75, 3.05) is 11.9 Å². The Balaban J connectivity index is 1.67. The molecule has 1 fully saturated rings. The molecule has 1 aromatic carbocycles. The van der Waals surface area contributed by atoms with E-state index in [1.165, 1.54) is 19.3 Å². The number of fused-ring (bicyclic) bond motifs is 1. The van der Waals surface area contributed by atoms with Gasteiger partial charge >= 0.3 is 0 Å². The van der Waals surface area contributed by atoms with Crippen LogP contribution in [0.2, 0.25) is 0 Å². The Labute approximate surface area is 113 Å². The summed E-state index contributed by atoms with van der Waals surface area (Å²) in [6.07, 6.45) is 6.73. The second kappa shape index (κ2) is 5.53. The molecule has 1 heterocycles. The van der Waals surface area contributed by atoms with E-state index in [1.807, 2.05) is 24.3 Å². The van der Waals surface area contributed by atoms with Crippen molar-refractivity contribution in [2.45, 2.75) is 31.7 Å². The van der Waals surface area contributed by atoms with E-state index in [0.717, 1.165) is 29.8 Å². The first-order chi connectivity index (χ1) is 9.33. The van der Waals surface area contributed by atoms with Gasteiger partial charge in [0.2, 0.25) is 0 Å². The summed E-state index contributed by atoms with van der Waals surface area (Å²) < 4.78 is 0. The molecule has 1 aromatic heterocycles. The van der Waals surface area contributed by atoms with E-state index in [-0.39, 0.29) is 0 Å². The highest BCUT2D eigenvalue weighted by Crippen LogP contribution is 2.23. The van der Waals surface area contributed by atoms with Crippen LogP contribution in [0.4, 0.5) is 5.82 Å². The van der Waals surface area contributed by atoms with Crippen molar-refractivity contribution < 1.29 is 0 Å². The van der Waals surface area contributed by atoms with Gasteiger partial charge in [-0.2, -0.15) is 0 Å². The van der Waals surface area contributed by atoms with Crippen LogP contribution in [0.15, 0.2) is 30.5 Å². The number of benzene rings is 1. The molecular formula is C15H20N4. The summed E-state index contributed by atoms with van der Waals surface area (Å²) in [4.78, 5) is 8.98. The third-order valence-electron chi connectivity index (χ3n) is 3.96. The van der Waals surface area contributed by atoms with Crippen molar-refractivity contribution in [3.63, 3.8) is 0 Å². The van der Waals surface area contributed by atoms with E-state index in [0.29, 0.717) is 12.0 Å². The molecule has 0 saturated heterocycles. The highest BCUT2D eigenvalue weighted by molar-refractivity contribution is 5.75. The quantitative estimate of drug-likeness (QED) is 0.886. The Morgan fingerprint density at radius 1 is 1.16 bits per heavy atom. The first-order valence-electron chi connectivity index (χ1n) is 7.04. The van der Waals surface area contributed by atoms with Crippen molar-refractivity contribution in [1.82, 2.24) is 9.97 Å². The van der Waals surface area contributed by atoms with Crippen LogP contribution in [-0.4, -0.2) is 22.6 Å². The Morgan fingerprint density at radius 2 is 1.95 bits per heavy atom. The number of aromatic nitrogens is 2. The van der Waals surface area contributed by atoms with E-state index in [4.69, 9.17) is 5.73 Å². The molecule has 2 atom stereocenters. The lowest BCUT2D eigenvalue weighted by atomic mass is 9.85.